The topological polar surface area (TPSA) is 75.5 Å². The van der Waals surface area contributed by atoms with E-state index in [1.807, 2.05) is 49.4 Å². The molecule has 0 fully saturated rings. The van der Waals surface area contributed by atoms with Gasteiger partial charge in [-0.15, -0.1) is 0 Å². The van der Waals surface area contributed by atoms with Crippen molar-refractivity contribution in [1.29, 1.82) is 0 Å². The average molecular weight is 345 g/mol. The first-order valence-corrected chi connectivity index (χ1v) is 8.43. The highest BCUT2D eigenvalue weighted by atomic mass is 16.6. The molecule has 6 nitrogen and oxygen atoms in total. The largest absolute Gasteiger partial charge is 0.411 e. The van der Waals surface area contributed by atoms with Crippen molar-refractivity contribution in [3.63, 3.8) is 0 Å². The van der Waals surface area contributed by atoms with Crippen LogP contribution >= 0.6 is 0 Å². The fourth-order valence-corrected chi connectivity index (χ4v) is 3.51. The Morgan fingerprint density at radius 1 is 1.12 bits per heavy atom. The number of amides is 1. The number of rotatable bonds is 3. The number of anilines is 1. The van der Waals surface area contributed by atoms with Crippen LogP contribution in [0.25, 0.3) is 10.8 Å². The third-order valence-corrected chi connectivity index (χ3v) is 4.77. The van der Waals surface area contributed by atoms with E-state index in [2.05, 4.69) is 5.23 Å². The molecule has 0 bridgehead atoms. The summed E-state index contributed by atoms with van der Waals surface area (Å²) in [6, 6.07) is 18.4. The Balaban J connectivity index is 1.85. The molecule has 0 unspecified atom stereocenters. The number of hydrogen-bond acceptors (Lipinski definition) is 4. The number of non-ortho nitro benzene ring substituents is 1. The van der Waals surface area contributed by atoms with Gasteiger partial charge in [-0.05, 0) is 29.2 Å². The molecule has 0 saturated carbocycles. The molecule has 1 N–H and O–H groups in total. The SMILES string of the molecule is CCN1B(c2cccc3ccccc23)Nc2ccc([N+](=O)[O-])cc2C1=O. The Hall–Kier alpha value is -3.35. The maximum absolute atomic E-state index is 13.0. The van der Waals surface area contributed by atoms with Gasteiger partial charge in [0.1, 0.15) is 0 Å². The molecular formula is C19H16BN3O3. The van der Waals surface area contributed by atoms with Gasteiger partial charge in [-0.25, -0.2) is 0 Å². The second-order valence-electron chi connectivity index (χ2n) is 6.19. The molecule has 3 aromatic carbocycles. The summed E-state index contributed by atoms with van der Waals surface area (Å²) in [7, 11) is 0. The quantitative estimate of drug-likeness (QED) is 0.450. The number of nitro groups is 1. The van der Waals surface area contributed by atoms with Crippen LogP contribution in [0.5, 0.6) is 0 Å². The summed E-state index contributed by atoms with van der Waals surface area (Å²) in [4.78, 5) is 25.3. The second kappa shape index (κ2) is 6.18. The molecule has 0 radical (unpaired) electrons. The molecule has 0 aromatic heterocycles. The van der Waals surface area contributed by atoms with Gasteiger partial charge in [0.15, 0.2) is 0 Å². The molecule has 128 valence electrons. The van der Waals surface area contributed by atoms with Crippen LogP contribution in [0.15, 0.2) is 60.7 Å². The Morgan fingerprint density at radius 3 is 2.65 bits per heavy atom. The monoisotopic (exact) mass is 345 g/mol. The number of fused-ring (bicyclic) bond motifs is 2. The molecule has 1 aliphatic heterocycles. The standard InChI is InChI=1S/C19H16BN3O3/c1-2-22-19(24)16-12-14(23(25)26)10-11-18(16)21-20(22)17-9-5-7-13-6-3-4-8-15(13)17/h3-12,21H,2H2,1H3. The van der Waals surface area contributed by atoms with Gasteiger partial charge >= 0.3 is 6.98 Å². The normalized spacial score (nSPS) is 13.5. The molecular weight excluding hydrogens is 329 g/mol. The first-order chi connectivity index (χ1) is 12.6. The summed E-state index contributed by atoms with van der Waals surface area (Å²) in [5.41, 5.74) is 1.86. The Bertz CT molecular complexity index is 1030. The zero-order valence-corrected chi connectivity index (χ0v) is 14.2. The van der Waals surface area contributed by atoms with Crippen LogP contribution in [0.3, 0.4) is 0 Å². The van der Waals surface area contributed by atoms with Gasteiger partial charge in [-0.2, -0.15) is 0 Å². The van der Waals surface area contributed by atoms with Crippen LogP contribution in [0.2, 0.25) is 0 Å². The molecule has 4 rings (SSSR count). The summed E-state index contributed by atoms with van der Waals surface area (Å²) in [5.74, 6) is -0.206. The van der Waals surface area contributed by atoms with E-state index in [0.717, 1.165) is 16.2 Å². The summed E-state index contributed by atoms with van der Waals surface area (Å²) >= 11 is 0. The summed E-state index contributed by atoms with van der Waals surface area (Å²) < 4.78 is 0. The lowest BCUT2D eigenvalue weighted by Gasteiger charge is -2.35. The highest BCUT2D eigenvalue weighted by Gasteiger charge is 2.37. The first kappa shape index (κ1) is 16.1. The smallest absolute Gasteiger partial charge is 0.405 e. The molecule has 1 aliphatic rings. The number of nitrogens with zero attached hydrogens (tertiary/aromatic N) is 2. The van der Waals surface area contributed by atoms with E-state index < -0.39 is 4.92 Å². The van der Waals surface area contributed by atoms with E-state index >= 15 is 0 Å². The van der Waals surface area contributed by atoms with Crippen LogP contribution in [0.1, 0.15) is 17.3 Å². The van der Waals surface area contributed by atoms with Gasteiger partial charge in [-0.1, -0.05) is 42.5 Å². The van der Waals surface area contributed by atoms with Crippen LogP contribution in [-0.2, 0) is 0 Å². The Labute approximate surface area is 150 Å². The van der Waals surface area contributed by atoms with E-state index in [4.69, 9.17) is 0 Å². The average Bonchev–Trinajstić information content (AvgIpc) is 2.67. The van der Waals surface area contributed by atoms with Crippen molar-refractivity contribution in [3.8, 4) is 0 Å². The molecule has 3 aromatic rings. The third kappa shape index (κ3) is 2.49. The van der Waals surface area contributed by atoms with Crippen LogP contribution in [0, 0.1) is 10.1 Å². The minimum Gasteiger partial charge on any atom is -0.405 e. The van der Waals surface area contributed by atoms with Gasteiger partial charge in [0, 0.05) is 24.4 Å². The van der Waals surface area contributed by atoms with E-state index in [1.54, 1.807) is 10.9 Å². The predicted molar refractivity (Wildman–Crippen MR) is 103 cm³/mol. The van der Waals surface area contributed by atoms with Crippen LogP contribution < -0.4 is 10.7 Å². The lowest BCUT2D eigenvalue weighted by atomic mass is 9.62. The molecule has 0 aliphatic carbocycles. The van der Waals surface area contributed by atoms with Crippen molar-refractivity contribution in [2.75, 3.05) is 11.8 Å². The molecule has 26 heavy (non-hydrogen) atoms. The molecule has 1 amide bonds. The van der Waals surface area contributed by atoms with Gasteiger partial charge in [0.25, 0.3) is 5.69 Å². The lowest BCUT2D eigenvalue weighted by Crippen LogP contribution is -2.59. The maximum Gasteiger partial charge on any atom is 0.411 e. The van der Waals surface area contributed by atoms with Gasteiger partial charge in [0.2, 0.25) is 5.91 Å². The number of carbonyl (C=O) groups is 1. The molecule has 0 spiro atoms. The second-order valence-corrected chi connectivity index (χ2v) is 6.19. The third-order valence-electron chi connectivity index (χ3n) is 4.77. The first-order valence-electron chi connectivity index (χ1n) is 8.43. The predicted octanol–water partition coefficient (Wildman–Crippen LogP) is 3.03. The summed E-state index contributed by atoms with van der Waals surface area (Å²) in [5, 5.41) is 16.6. The van der Waals surface area contributed by atoms with E-state index in [-0.39, 0.29) is 18.6 Å². The fraction of sp³-hybridized carbons (Fsp3) is 0.105. The van der Waals surface area contributed by atoms with Crippen LogP contribution in [0.4, 0.5) is 11.4 Å². The van der Waals surface area contributed by atoms with E-state index in [9.17, 15) is 14.9 Å². The van der Waals surface area contributed by atoms with E-state index in [1.165, 1.54) is 12.1 Å². The number of hydrogen-bond donors (Lipinski definition) is 1. The zero-order valence-electron chi connectivity index (χ0n) is 14.2. The van der Waals surface area contributed by atoms with Gasteiger partial charge < -0.3 is 10.0 Å². The van der Waals surface area contributed by atoms with Crippen LogP contribution in [-0.4, -0.2) is 29.2 Å². The summed E-state index contributed by atoms with van der Waals surface area (Å²) in [6.45, 7) is 2.06. The molecule has 7 heteroatoms. The van der Waals surface area contributed by atoms with Crippen molar-refractivity contribution in [1.82, 2.24) is 4.81 Å². The maximum atomic E-state index is 13.0. The summed E-state index contributed by atoms with van der Waals surface area (Å²) in [6.07, 6.45) is 0. The van der Waals surface area contributed by atoms with Gasteiger partial charge in [0.05, 0.1) is 10.5 Å². The van der Waals surface area contributed by atoms with Crippen molar-refractivity contribution in [2.45, 2.75) is 6.92 Å². The fourth-order valence-electron chi connectivity index (χ4n) is 3.51. The van der Waals surface area contributed by atoms with Gasteiger partial charge in [-0.3, -0.25) is 14.9 Å². The number of carbonyl (C=O) groups excluding carboxylic acids is 1. The zero-order chi connectivity index (χ0) is 18.3. The molecule has 1 heterocycles. The van der Waals surface area contributed by atoms with Crippen molar-refractivity contribution >= 4 is 40.5 Å². The minimum absolute atomic E-state index is 0.0847. The van der Waals surface area contributed by atoms with Crippen molar-refractivity contribution in [2.24, 2.45) is 0 Å². The highest BCUT2D eigenvalue weighted by Crippen LogP contribution is 2.28. The number of nitrogens with one attached hydrogen (secondary N) is 1. The van der Waals surface area contributed by atoms with Crippen molar-refractivity contribution in [3.05, 3.63) is 76.3 Å². The Morgan fingerprint density at radius 2 is 1.88 bits per heavy atom. The van der Waals surface area contributed by atoms with Crippen molar-refractivity contribution < 1.29 is 9.72 Å². The molecule has 0 atom stereocenters. The highest BCUT2D eigenvalue weighted by molar-refractivity contribution is 6.79. The van der Waals surface area contributed by atoms with E-state index in [0.29, 0.717) is 17.8 Å². The minimum atomic E-state index is -0.485. The molecule has 0 saturated heterocycles. The Kier molecular flexibility index (Phi) is 3.84. The number of nitro benzene ring substituents is 1. The number of benzene rings is 3. The lowest BCUT2D eigenvalue weighted by molar-refractivity contribution is -0.384.